The predicted octanol–water partition coefficient (Wildman–Crippen LogP) is 3.52. The molecule has 7 heteroatoms. The molecular weight excluding hydrogens is 360 g/mol. The van der Waals surface area contributed by atoms with Crippen molar-refractivity contribution >= 4 is 34.1 Å². The van der Waals surface area contributed by atoms with Crippen LogP contribution in [0.3, 0.4) is 0 Å². The number of aryl methyl sites for hydroxylation is 2. The molecule has 1 saturated heterocycles. The van der Waals surface area contributed by atoms with Gasteiger partial charge in [-0.1, -0.05) is 23.7 Å². The summed E-state index contributed by atoms with van der Waals surface area (Å²) >= 11 is 6.24. The fourth-order valence-electron chi connectivity index (χ4n) is 3.45. The fourth-order valence-corrected chi connectivity index (χ4v) is 3.65. The number of anilines is 2. The summed E-state index contributed by atoms with van der Waals surface area (Å²) in [5.41, 5.74) is 0.955. The molecule has 1 aliphatic rings. The Balaban J connectivity index is 1.58. The topological polar surface area (TPSA) is 58.0 Å². The van der Waals surface area contributed by atoms with Crippen molar-refractivity contribution in [3.63, 3.8) is 0 Å². The van der Waals surface area contributed by atoms with Gasteiger partial charge < -0.3 is 9.80 Å². The third kappa shape index (κ3) is 3.95. The Labute approximate surface area is 164 Å². The minimum Gasteiger partial charge on any atom is -0.362 e. The summed E-state index contributed by atoms with van der Waals surface area (Å²) in [5, 5.41) is 1.55. The van der Waals surface area contributed by atoms with Crippen LogP contribution in [0.1, 0.15) is 24.5 Å². The molecule has 1 aliphatic heterocycles. The highest BCUT2D eigenvalue weighted by Gasteiger charge is 2.16. The minimum atomic E-state index is 0.496. The molecule has 1 fully saturated rings. The number of para-hydroxylation sites is 1. The lowest BCUT2D eigenvalue weighted by atomic mass is 10.2. The maximum Gasteiger partial charge on any atom is 0.139 e. The number of nitrogens with zero attached hydrogens (tertiary/aromatic N) is 6. The summed E-state index contributed by atoms with van der Waals surface area (Å²) in [6.07, 6.45) is 3.74. The number of hydrogen-bond donors (Lipinski definition) is 0. The smallest absolute Gasteiger partial charge is 0.139 e. The highest BCUT2D eigenvalue weighted by Crippen LogP contribution is 2.23. The lowest BCUT2D eigenvalue weighted by molar-refractivity contribution is 0.798. The zero-order chi connectivity index (χ0) is 18.8. The van der Waals surface area contributed by atoms with E-state index in [1.165, 1.54) is 12.8 Å². The van der Waals surface area contributed by atoms with Gasteiger partial charge in [0, 0.05) is 51.5 Å². The molecule has 0 N–H and O–H groups in total. The summed E-state index contributed by atoms with van der Waals surface area (Å²) < 4.78 is 0. The van der Waals surface area contributed by atoms with Crippen molar-refractivity contribution in [3.05, 3.63) is 47.1 Å². The van der Waals surface area contributed by atoms with E-state index >= 15 is 0 Å². The zero-order valence-electron chi connectivity index (χ0n) is 15.7. The van der Waals surface area contributed by atoms with Crippen LogP contribution in [-0.2, 0) is 12.8 Å². The van der Waals surface area contributed by atoms with Gasteiger partial charge in [-0.15, -0.1) is 0 Å². The molecule has 1 aromatic carbocycles. The first-order valence-corrected chi connectivity index (χ1v) is 9.69. The lowest BCUT2D eigenvalue weighted by Gasteiger charge is -2.17. The first-order chi connectivity index (χ1) is 13.1. The summed E-state index contributed by atoms with van der Waals surface area (Å²) in [4.78, 5) is 22.9. The van der Waals surface area contributed by atoms with Crippen molar-refractivity contribution < 1.29 is 0 Å². The SMILES string of the molecule is CN(C)c1nc(CCc2nc(Cl)cc(N3CCCC3)n2)nc2ccccc12. The molecule has 3 heterocycles. The Morgan fingerprint density at radius 2 is 1.67 bits per heavy atom. The highest BCUT2D eigenvalue weighted by molar-refractivity contribution is 6.29. The fraction of sp³-hybridized carbons (Fsp3) is 0.400. The molecule has 140 valence electrons. The van der Waals surface area contributed by atoms with Gasteiger partial charge in [0.1, 0.15) is 28.4 Å². The van der Waals surface area contributed by atoms with Crippen molar-refractivity contribution in [2.24, 2.45) is 0 Å². The van der Waals surface area contributed by atoms with Gasteiger partial charge in [0.05, 0.1) is 5.52 Å². The largest absolute Gasteiger partial charge is 0.362 e. The molecule has 4 rings (SSSR count). The molecule has 0 radical (unpaired) electrons. The maximum atomic E-state index is 6.24. The van der Waals surface area contributed by atoms with Gasteiger partial charge in [0.2, 0.25) is 0 Å². The Bertz CT molecular complexity index is 952. The molecule has 0 amide bonds. The summed E-state index contributed by atoms with van der Waals surface area (Å²) in [7, 11) is 4.00. The van der Waals surface area contributed by atoms with E-state index in [4.69, 9.17) is 26.6 Å². The van der Waals surface area contributed by atoms with Crippen molar-refractivity contribution in [2.45, 2.75) is 25.7 Å². The molecule has 0 atom stereocenters. The van der Waals surface area contributed by atoms with Crippen molar-refractivity contribution in [2.75, 3.05) is 37.0 Å². The average Bonchev–Trinajstić information content (AvgIpc) is 3.20. The molecule has 0 spiro atoms. The van der Waals surface area contributed by atoms with Crippen LogP contribution >= 0.6 is 11.6 Å². The number of halogens is 1. The molecule has 6 nitrogen and oxygen atoms in total. The molecule has 0 bridgehead atoms. The van der Waals surface area contributed by atoms with Gasteiger partial charge in [-0.3, -0.25) is 0 Å². The standard InChI is InChI=1S/C20H23ClN6/c1-26(2)20-14-7-3-4-8-15(14)22-17(25-20)9-10-18-23-16(21)13-19(24-18)27-11-5-6-12-27/h3-4,7-8,13H,5-6,9-12H2,1-2H3. The number of benzene rings is 1. The second kappa shape index (κ2) is 7.64. The normalized spacial score (nSPS) is 14.1. The molecule has 3 aromatic rings. The molecular formula is C20H23ClN6. The first kappa shape index (κ1) is 17.9. The van der Waals surface area contributed by atoms with Crippen LogP contribution in [0.2, 0.25) is 5.15 Å². The first-order valence-electron chi connectivity index (χ1n) is 9.31. The van der Waals surface area contributed by atoms with E-state index in [0.29, 0.717) is 18.0 Å². The van der Waals surface area contributed by atoms with Crippen molar-refractivity contribution in [1.82, 2.24) is 19.9 Å². The number of aromatic nitrogens is 4. The van der Waals surface area contributed by atoms with Gasteiger partial charge in [-0.25, -0.2) is 19.9 Å². The second-order valence-electron chi connectivity index (χ2n) is 7.03. The molecule has 27 heavy (non-hydrogen) atoms. The Kier molecular flexibility index (Phi) is 5.07. The monoisotopic (exact) mass is 382 g/mol. The van der Waals surface area contributed by atoms with Gasteiger partial charge >= 0.3 is 0 Å². The zero-order valence-corrected chi connectivity index (χ0v) is 16.4. The average molecular weight is 383 g/mol. The van der Waals surface area contributed by atoms with E-state index in [1.54, 1.807) is 0 Å². The van der Waals surface area contributed by atoms with E-state index in [2.05, 4.69) is 16.0 Å². The third-order valence-corrected chi connectivity index (χ3v) is 4.98. The van der Waals surface area contributed by atoms with E-state index < -0.39 is 0 Å². The Morgan fingerprint density at radius 3 is 2.41 bits per heavy atom. The van der Waals surface area contributed by atoms with E-state index in [-0.39, 0.29) is 0 Å². The van der Waals surface area contributed by atoms with Crippen LogP contribution in [0.15, 0.2) is 30.3 Å². The van der Waals surface area contributed by atoms with Crippen LogP contribution < -0.4 is 9.80 Å². The molecule has 2 aromatic heterocycles. The second-order valence-corrected chi connectivity index (χ2v) is 7.42. The van der Waals surface area contributed by atoms with Crippen LogP contribution in [0.4, 0.5) is 11.6 Å². The van der Waals surface area contributed by atoms with Gasteiger partial charge in [-0.05, 0) is 25.0 Å². The van der Waals surface area contributed by atoms with Crippen LogP contribution in [0.5, 0.6) is 0 Å². The Morgan fingerprint density at radius 1 is 0.963 bits per heavy atom. The number of fused-ring (bicyclic) bond motifs is 1. The van der Waals surface area contributed by atoms with Crippen molar-refractivity contribution in [3.8, 4) is 0 Å². The number of hydrogen-bond acceptors (Lipinski definition) is 6. The highest BCUT2D eigenvalue weighted by atomic mass is 35.5. The van der Waals surface area contributed by atoms with Crippen LogP contribution in [0, 0.1) is 0 Å². The minimum absolute atomic E-state index is 0.496. The van der Waals surface area contributed by atoms with Gasteiger partial charge in [0.25, 0.3) is 0 Å². The maximum absolute atomic E-state index is 6.24. The van der Waals surface area contributed by atoms with Crippen LogP contribution in [-0.4, -0.2) is 47.1 Å². The van der Waals surface area contributed by atoms with Crippen LogP contribution in [0.25, 0.3) is 10.9 Å². The van der Waals surface area contributed by atoms with E-state index in [1.807, 2.05) is 43.3 Å². The van der Waals surface area contributed by atoms with Crippen molar-refractivity contribution in [1.29, 1.82) is 0 Å². The summed E-state index contributed by atoms with van der Waals surface area (Å²) in [5.74, 6) is 3.40. The molecule has 0 saturated carbocycles. The lowest BCUT2D eigenvalue weighted by Crippen LogP contribution is -2.20. The third-order valence-electron chi connectivity index (χ3n) is 4.78. The quantitative estimate of drug-likeness (QED) is 0.629. The Hall–Kier alpha value is -2.47. The van der Waals surface area contributed by atoms with E-state index in [0.717, 1.165) is 47.3 Å². The number of rotatable bonds is 5. The molecule has 0 aliphatic carbocycles. The summed E-state index contributed by atoms with van der Waals surface area (Å²) in [6.45, 7) is 2.07. The van der Waals surface area contributed by atoms with E-state index in [9.17, 15) is 0 Å². The predicted molar refractivity (Wildman–Crippen MR) is 110 cm³/mol. The summed E-state index contributed by atoms with van der Waals surface area (Å²) in [6, 6.07) is 9.94. The van der Waals surface area contributed by atoms with Gasteiger partial charge in [0.15, 0.2) is 0 Å². The molecule has 0 unspecified atom stereocenters. The van der Waals surface area contributed by atoms with Gasteiger partial charge in [-0.2, -0.15) is 0 Å².